The normalized spacial score (nSPS) is 17.0. The van der Waals surface area contributed by atoms with Crippen LogP contribution in [0.5, 0.6) is 0 Å². The molecule has 0 aliphatic carbocycles. The lowest BCUT2D eigenvalue weighted by Crippen LogP contribution is -2.42. The Kier molecular flexibility index (Phi) is 4.82. The van der Waals surface area contributed by atoms with Crippen molar-refractivity contribution in [2.75, 3.05) is 24.2 Å². The molecule has 128 valence electrons. The average molecular weight is 347 g/mol. The molecule has 2 heterocycles. The maximum atomic E-state index is 12.5. The number of amides is 1. The van der Waals surface area contributed by atoms with Crippen LogP contribution in [0.15, 0.2) is 36.5 Å². The van der Waals surface area contributed by atoms with Gasteiger partial charge in [0, 0.05) is 30.6 Å². The van der Waals surface area contributed by atoms with Gasteiger partial charge in [0.05, 0.1) is 17.0 Å². The Morgan fingerprint density at radius 3 is 2.67 bits per heavy atom. The zero-order valence-electron chi connectivity index (χ0n) is 13.6. The van der Waals surface area contributed by atoms with E-state index in [0.29, 0.717) is 31.6 Å². The molecule has 3 rings (SSSR count). The van der Waals surface area contributed by atoms with Crippen molar-refractivity contribution in [3.63, 3.8) is 0 Å². The van der Waals surface area contributed by atoms with Gasteiger partial charge in [0.15, 0.2) is 0 Å². The van der Waals surface area contributed by atoms with E-state index in [-0.39, 0.29) is 17.6 Å². The van der Waals surface area contributed by atoms with Crippen LogP contribution in [0.4, 0.5) is 5.69 Å². The zero-order valence-corrected chi connectivity index (χ0v) is 14.4. The number of pyridine rings is 1. The van der Waals surface area contributed by atoms with E-state index in [1.807, 2.05) is 30.3 Å². The number of carbonyl (C=O) groups is 1. The Morgan fingerprint density at radius 2 is 1.96 bits per heavy atom. The van der Waals surface area contributed by atoms with E-state index in [9.17, 15) is 13.2 Å². The van der Waals surface area contributed by atoms with Gasteiger partial charge >= 0.3 is 0 Å². The number of piperidine rings is 1. The molecule has 0 saturated carbocycles. The molecule has 1 saturated heterocycles. The van der Waals surface area contributed by atoms with E-state index >= 15 is 0 Å². The third-order valence-corrected chi connectivity index (χ3v) is 6.36. The number of aromatic nitrogens is 1. The van der Waals surface area contributed by atoms with Crippen molar-refractivity contribution in [3.8, 4) is 0 Å². The second-order valence-corrected chi connectivity index (χ2v) is 8.20. The molecule has 0 spiro atoms. The van der Waals surface area contributed by atoms with E-state index in [4.69, 9.17) is 0 Å². The minimum absolute atomic E-state index is 0.0679. The lowest BCUT2D eigenvalue weighted by Gasteiger charge is -2.30. The topological polar surface area (TPSA) is 79.4 Å². The molecule has 7 heteroatoms. The van der Waals surface area contributed by atoms with Crippen LogP contribution in [0.3, 0.4) is 0 Å². The van der Waals surface area contributed by atoms with E-state index < -0.39 is 10.0 Å². The Balaban J connectivity index is 1.68. The van der Waals surface area contributed by atoms with Gasteiger partial charge in [-0.3, -0.25) is 9.78 Å². The molecule has 1 fully saturated rings. The first-order valence-corrected chi connectivity index (χ1v) is 9.74. The third kappa shape index (κ3) is 3.42. The molecule has 0 bridgehead atoms. The average Bonchev–Trinajstić information content (AvgIpc) is 2.62. The molecule has 1 aliphatic heterocycles. The fourth-order valence-electron chi connectivity index (χ4n) is 3.02. The van der Waals surface area contributed by atoms with Gasteiger partial charge < -0.3 is 5.32 Å². The smallest absolute Gasteiger partial charge is 0.227 e. The predicted molar refractivity (Wildman–Crippen MR) is 94.1 cm³/mol. The molecule has 1 aromatic carbocycles. The lowest BCUT2D eigenvalue weighted by molar-refractivity contribution is -0.120. The minimum Gasteiger partial charge on any atom is -0.324 e. The Morgan fingerprint density at radius 1 is 1.25 bits per heavy atom. The summed E-state index contributed by atoms with van der Waals surface area (Å²) in [6, 6.07) is 9.48. The fourth-order valence-corrected chi connectivity index (χ4v) is 4.15. The summed E-state index contributed by atoms with van der Waals surface area (Å²) in [5, 5.41) is 3.92. The highest BCUT2D eigenvalue weighted by Crippen LogP contribution is 2.24. The molecule has 2 aromatic rings. The number of hydrogen-bond donors (Lipinski definition) is 1. The van der Waals surface area contributed by atoms with Gasteiger partial charge in [-0.05, 0) is 31.9 Å². The van der Waals surface area contributed by atoms with E-state index in [1.54, 1.807) is 13.1 Å². The number of sulfonamides is 1. The molecular weight excluding hydrogens is 326 g/mol. The first-order valence-electron chi connectivity index (χ1n) is 8.13. The summed E-state index contributed by atoms with van der Waals surface area (Å²) in [5.41, 5.74) is 1.46. The molecule has 0 radical (unpaired) electrons. The summed E-state index contributed by atoms with van der Waals surface area (Å²) in [5.74, 6) is -0.139. The van der Waals surface area contributed by atoms with Gasteiger partial charge in [-0.2, -0.15) is 0 Å². The van der Waals surface area contributed by atoms with Gasteiger partial charge in [0.2, 0.25) is 15.9 Å². The van der Waals surface area contributed by atoms with E-state index in [1.165, 1.54) is 4.31 Å². The summed E-state index contributed by atoms with van der Waals surface area (Å²) in [4.78, 5) is 16.9. The summed E-state index contributed by atoms with van der Waals surface area (Å²) in [7, 11) is -3.17. The number of carbonyl (C=O) groups excluding carboxylic acids is 1. The fraction of sp³-hybridized carbons (Fsp3) is 0.412. The summed E-state index contributed by atoms with van der Waals surface area (Å²) >= 11 is 0. The number of benzene rings is 1. The highest BCUT2D eigenvalue weighted by atomic mass is 32.2. The Bertz CT molecular complexity index is 838. The highest BCUT2D eigenvalue weighted by molar-refractivity contribution is 7.89. The van der Waals surface area contributed by atoms with Gasteiger partial charge in [-0.25, -0.2) is 12.7 Å². The molecule has 1 aliphatic rings. The zero-order chi connectivity index (χ0) is 17.2. The van der Waals surface area contributed by atoms with Crippen molar-refractivity contribution < 1.29 is 13.2 Å². The molecule has 0 unspecified atom stereocenters. The molecule has 0 atom stereocenters. The number of fused-ring (bicyclic) bond motifs is 1. The van der Waals surface area contributed by atoms with Crippen LogP contribution in [0.25, 0.3) is 10.9 Å². The summed E-state index contributed by atoms with van der Waals surface area (Å²) in [6.07, 6.45) is 2.79. The van der Waals surface area contributed by atoms with Gasteiger partial charge in [0.25, 0.3) is 0 Å². The Hall–Kier alpha value is -1.99. The van der Waals surface area contributed by atoms with E-state index in [0.717, 1.165) is 10.9 Å². The van der Waals surface area contributed by atoms with Crippen LogP contribution in [0.2, 0.25) is 0 Å². The second kappa shape index (κ2) is 6.86. The number of nitrogens with zero attached hydrogens (tertiary/aromatic N) is 2. The number of para-hydroxylation sites is 1. The van der Waals surface area contributed by atoms with Gasteiger partial charge in [-0.15, -0.1) is 0 Å². The number of rotatable bonds is 4. The van der Waals surface area contributed by atoms with Crippen LogP contribution >= 0.6 is 0 Å². The lowest BCUT2D eigenvalue weighted by atomic mass is 9.97. The number of nitrogens with one attached hydrogen (secondary N) is 1. The molecule has 1 amide bonds. The molecule has 24 heavy (non-hydrogen) atoms. The largest absolute Gasteiger partial charge is 0.324 e. The van der Waals surface area contributed by atoms with Crippen molar-refractivity contribution in [3.05, 3.63) is 36.5 Å². The molecule has 1 N–H and O–H groups in total. The third-order valence-electron chi connectivity index (χ3n) is 4.47. The first kappa shape index (κ1) is 16.9. The molecular formula is C17H21N3O3S. The number of anilines is 1. The second-order valence-electron chi connectivity index (χ2n) is 5.94. The highest BCUT2D eigenvalue weighted by Gasteiger charge is 2.30. The molecule has 1 aromatic heterocycles. The van der Waals surface area contributed by atoms with Crippen molar-refractivity contribution in [1.29, 1.82) is 0 Å². The van der Waals surface area contributed by atoms with Crippen LogP contribution in [-0.2, 0) is 14.8 Å². The van der Waals surface area contributed by atoms with Crippen molar-refractivity contribution in [2.45, 2.75) is 19.8 Å². The van der Waals surface area contributed by atoms with Crippen molar-refractivity contribution >= 4 is 32.5 Å². The molecule has 6 nitrogen and oxygen atoms in total. The standard InChI is InChI=1S/C17H21N3O3S/c1-2-24(22,23)20-11-8-14(9-12-20)17(21)19-15-7-3-5-13-6-4-10-18-16(13)15/h3-7,10,14H,2,8-9,11-12H2,1H3,(H,19,21). The van der Waals surface area contributed by atoms with Crippen LogP contribution in [0.1, 0.15) is 19.8 Å². The first-order chi connectivity index (χ1) is 11.5. The van der Waals surface area contributed by atoms with Gasteiger partial charge in [0.1, 0.15) is 0 Å². The van der Waals surface area contributed by atoms with Crippen molar-refractivity contribution in [2.24, 2.45) is 5.92 Å². The number of hydrogen-bond acceptors (Lipinski definition) is 4. The maximum Gasteiger partial charge on any atom is 0.227 e. The summed E-state index contributed by atoms with van der Waals surface area (Å²) in [6.45, 7) is 2.45. The SMILES string of the molecule is CCS(=O)(=O)N1CCC(C(=O)Nc2cccc3cccnc23)CC1. The van der Waals surface area contributed by atoms with Crippen LogP contribution < -0.4 is 5.32 Å². The summed E-state index contributed by atoms with van der Waals surface area (Å²) < 4.78 is 25.3. The predicted octanol–water partition coefficient (Wildman–Crippen LogP) is 2.23. The van der Waals surface area contributed by atoms with Crippen LogP contribution in [0, 0.1) is 5.92 Å². The van der Waals surface area contributed by atoms with Gasteiger partial charge in [-0.1, -0.05) is 18.2 Å². The Labute approximate surface area is 141 Å². The monoisotopic (exact) mass is 347 g/mol. The quantitative estimate of drug-likeness (QED) is 0.920. The minimum atomic E-state index is -3.17. The van der Waals surface area contributed by atoms with Crippen LogP contribution in [-0.4, -0.2) is 42.5 Å². The van der Waals surface area contributed by atoms with E-state index in [2.05, 4.69) is 10.3 Å². The van der Waals surface area contributed by atoms with Crippen molar-refractivity contribution in [1.82, 2.24) is 9.29 Å². The maximum absolute atomic E-state index is 12.5.